The van der Waals surface area contributed by atoms with E-state index in [-0.39, 0.29) is 5.82 Å². The maximum absolute atomic E-state index is 13.5. The summed E-state index contributed by atoms with van der Waals surface area (Å²) in [6.07, 6.45) is 3.57. The van der Waals surface area contributed by atoms with Gasteiger partial charge in [0.2, 0.25) is 5.95 Å². The standard InChI is InChI=1S/C21H21FN4/c22-17-10-7-11-18(14-17)23-20-15-19(16-8-3-1-4-9-16)24-21(25-20)26-12-5-2-6-13-26/h1,3-4,7-11,14-15H,2,5-6,12-13H2,(H,23,24,25). The lowest BCUT2D eigenvalue weighted by atomic mass is 10.1. The van der Waals surface area contributed by atoms with Crippen molar-refractivity contribution in [3.05, 3.63) is 66.5 Å². The lowest BCUT2D eigenvalue weighted by molar-refractivity contribution is 0.568. The van der Waals surface area contributed by atoms with Crippen LogP contribution in [0.2, 0.25) is 0 Å². The fraction of sp³-hybridized carbons (Fsp3) is 0.238. The van der Waals surface area contributed by atoms with Crippen LogP contribution in [0.25, 0.3) is 11.3 Å². The number of hydrogen-bond acceptors (Lipinski definition) is 4. The number of hydrogen-bond donors (Lipinski definition) is 1. The molecule has 0 saturated carbocycles. The van der Waals surface area contributed by atoms with Crippen molar-refractivity contribution >= 4 is 17.5 Å². The molecule has 1 aromatic heterocycles. The highest BCUT2D eigenvalue weighted by molar-refractivity contribution is 5.67. The van der Waals surface area contributed by atoms with E-state index in [1.54, 1.807) is 6.07 Å². The monoisotopic (exact) mass is 348 g/mol. The van der Waals surface area contributed by atoms with Gasteiger partial charge in [-0.2, -0.15) is 4.98 Å². The van der Waals surface area contributed by atoms with Gasteiger partial charge in [-0.25, -0.2) is 9.37 Å². The molecule has 1 N–H and O–H groups in total. The quantitative estimate of drug-likeness (QED) is 0.719. The van der Waals surface area contributed by atoms with Crippen molar-refractivity contribution in [2.75, 3.05) is 23.3 Å². The summed E-state index contributed by atoms with van der Waals surface area (Å²) in [7, 11) is 0. The molecular formula is C21H21FN4. The summed E-state index contributed by atoms with van der Waals surface area (Å²) in [6.45, 7) is 1.94. The van der Waals surface area contributed by atoms with Crippen molar-refractivity contribution in [2.24, 2.45) is 0 Å². The van der Waals surface area contributed by atoms with E-state index < -0.39 is 0 Å². The summed E-state index contributed by atoms with van der Waals surface area (Å²) in [4.78, 5) is 11.7. The minimum atomic E-state index is -0.274. The van der Waals surface area contributed by atoms with Crippen molar-refractivity contribution in [1.29, 1.82) is 0 Å². The second kappa shape index (κ2) is 7.52. The van der Waals surface area contributed by atoms with Crippen LogP contribution in [0.1, 0.15) is 19.3 Å². The average Bonchev–Trinajstić information content (AvgIpc) is 2.69. The highest BCUT2D eigenvalue weighted by Gasteiger charge is 2.16. The number of anilines is 3. The van der Waals surface area contributed by atoms with Gasteiger partial charge in [0.05, 0.1) is 5.69 Å². The summed E-state index contributed by atoms with van der Waals surface area (Å²) in [5, 5.41) is 3.22. The van der Waals surface area contributed by atoms with Gasteiger partial charge in [-0.15, -0.1) is 0 Å². The third-order valence-corrected chi connectivity index (χ3v) is 4.52. The molecular weight excluding hydrogens is 327 g/mol. The maximum atomic E-state index is 13.5. The van der Waals surface area contributed by atoms with Gasteiger partial charge < -0.3 is 10.2 Å². The van der Waals surface area contributed by atoms with Crippen LogP contribution < -0.4 is 10.2 Å². The Kier molecular flexibility index (Phi) is 4.78. The van der Waals surface area contributed by atoms with Gasteiger partial charge in [0.15, 0.2) is 0 Å². The van der Waals surface area contributed by atoms with Crippen molar-refractivity contribution in [2.45, 2.75) is 19.3 Å². The number of benzene rings is 2. The van der Waals surface area contributed by atoms with Gasteiger partial charge in [-0.1, -0.05) is 36.4 Å². The molecule has 4 nitrogen and oxygen atoms in total. The molecule has 26 heavy (non-hydrogen) atoms. The Balaban J connectivity index is 1.72. The number of rotatable bonds is 4. The van der Waals surface area contributed by atoms with Crippen LogP contribution >= 0.6 is 0 Å². The third-order valence-electron chi connectivity index (χ3n) is 4.52. The minimum Gasteiger partial charge on any atom is -0.341 e. The van der Waals surface area contributed by atoms with E-state index in [2.05, 4.69) is 15.2 Å². The molecule has 1 aliphatic rings. The normalized spacial score (nSPS) is 14.3. The Bertz CT molecular complexity index is 876. The van der Waals surface area contributed by atoms with Crippen LogP contribution in [0.3, 0.4) is 0 Å². The molecule has 5 heteroatoms. The highest BCUT2D eigenvalue weighted by Crippen LogP contribution is 2.26. The largest absolute Gasteiger partial charge is 0.341 e. The highest BCUT2D eigenvalue weighted by atomic mass is 19.1. The Hall–Kier alpha value is -2.95. The molecule has 0 spiro atoms. The van der Waals surface area contributed by atoms with Crippen LogP contribution in [0.4, 0.5) is 21.8 Å². The zero-order valence-electron chi connectivity index (χ0n) is 14.5. The molecule has 0 bridgehead atoms. The molecule has 0 unspecified atom stereocenters. The van der Waals surface area contributed by atoms with Crippen molar-refractivity contribution < 1.29 is 4.39 Å². The van der Waals surface area contributed by atoms with Crippen molar-refractivity contribution in [3.63, 3.8) is 0 Å². The Labute approximate surface area is 152 Å². The molecule has 0 amide bonds. The molecule has 0 aliphatic carbocycles. The van der Waals surface area contributed by atoms with Gasteiger partial charge >= 0.3 is 0 Å². The van der Waals surface area contributed by atoms with Gasteiger partial charge in [-0.05, 0) is 37.5 Å². The molecule has 1 fully saturated rings. The summed E-state index contributed by atoms with van der Waals surface area (Å²) in [5.74, 6) is 1.12. The van der Waals surface area contributed by atoms with E-state index in [0.29, 0.717) is 11.5 Å². The van der Waals surface area contributed by atoms with Crippen LogP contribution in [-0.4, -0.2) is 23.1 Å². The first-order valence-electron chi connectivity index (χ1n) is 9.00. The van der Waals surface area contributed by atoms with Crippen LogP contribution in [0.15, 0.2) is 60.7 Å². The third kappa shape index (κ3) is 3.82. The van der Waals surface area contributed by atoms with Crippen LogP contribution in [-0.2, 0) is 0 Å². The van der Waals surface area contributed by atoms with Crippen LogP contribution in [0, 0.1) is 5.82 Å². The van der Waals surface area contributed by atoms with E-state index in [1.807, 2.05) is 42.5 Å². The summed E-state index contributed by atoms with van der Waals surface area (Å²) >= 11 is 0. The zero-order valence-corrected chi connectivity index (χ0v) is 14.5. The first-order valence-corrected chi connectivity index (χ1v) is 9.00. The molecule has 1 aliphatic heterocycles. The SMILES string of the molecule is Fc1cccc(Nc2cc(-c3ccccc3)nc(N3CCCCC3)n2)c1. The molecule has 2 aromatic carbocycles. The second-order valence-electron chi connectivity index (χ2n) is 6.49. The van der Waals surface area contributed by atoms with Gasteiger partial charge in [-0.3, -0.25) is 0 Å². The number of nitrogens with zero attached hydrogens (tertiary/aromatic N) is 3. The molecule has 0 atom stereocenters. The fourth-order valence-electron chi connectivity index (χ4n) is 3.20. The second-order valence-corrected chi connectivity index (χ2v) is 6.49. The molecule has 1 saturated heterocycles. The Morgan fingerprint density at radius 2 is 1.65 bits per heavy atom. The van der Waals surface area contributed by atoms with E-state index in [0.717, 1.165) is 43.1 Å². The van der Waals surface area contributed by atoms with E-state index in [1.165, 1.54) is 18.6 Å². The smallest absolute Gasteiger partial charge is 0.227 e. The molecule has 3 aromatic rings. The van der Waals surface area contributed by atoms with Gasteiger partial charge in [0, 0.05) is 30.4 Å². The fourth-order valence-corrected chi connectivity index (χ4v) is 3.20. The first kappa shape index (κ1) is 16.5. The lowest BCUT2D eigenvalue weighted by Crippen LogP contribution is -2.31. The summed E-state index contributed by atoms with van der Waals surface area (Å²) in [5.41, 5.74) is 2.57. The first-order chi connectivity index (χ1) is 12.8. The number of aromatic nitrogens is 2. The zero-order chi connectivity index (χ0) is 17.8. The average molecular weight is 348 g/mol. The molecule has 4 rings (SSSR count). The number of piperidine rings is 1. The Morgan fingerprint density at radius 3 is 2.42 bits per heavy atom. The predicted octanol–water partition coefficient (Wildman–Crippen LogP) is 5.02. The van der Waals surface area contributed by atoms with Crippen molar-refractivity contribution in [3.8, 4) is 11.3 Å². The Morgan fingerprint density at radius 1 is 0.846 bits per heavy atom. The summed E-state index contributed by atoms with van der Waals surface area (Å²) in [6, 6.07) is 18.4. The van der Waals surface area contributed by atoms with E-state index in [9.17, 15) is 4.39 Å². The summed E-state index contributed by atoms with van der Waals surface area (Å²) < 4.78 is 13.5. The molecule has 132 valence electrons. The van der Waals surface area contributed by atoms with Gasteiger partial charge in [0.25, 0.3) is 0 Å². The number of halogens is 1. The predicted molar refractivity (Wildman–Crippen MR) is 103 cm³/mol. The molecule has 0 radical (unpaired) electrons. The van der Waals surface area contributed by atoms with Crippen molar-refractivity contribution in [1.82, 2.24) is 9.97 Å². The minimum absolute atomic E-state index is 0.274. The van der Waals surface area contributed by atoms with E-state index >= 15 is 0 Å². The lowest BCUT2D eigenvalue weighted by Gasteiger charge is -2.27. The van der Waals surface area contributed by atoms with E-state index in [4.69, 9.17) is 4.98 Å². The molecule has 2 heterocycles. The van der Waals surface area contributed by atoms with Gasteiger partial charge in [0.1, 0.15) is 11.6 Å². The van der Waals surface area contributed by atoms with Crippen LogP contribution in [0.5, 0.6) is 0 Å². The maximum Gasteiger partial charge on any atom is 0.227 e. The topological polar surface area (TPSA) is 41.1 Å². The number of nitrogens with one attached hydrogen (secondary N) is 1.